The van der Waals surface area contributed by atoms with Gasteiger partial charge in [-0.3, -0.25) is 9.36 Å². The maximum atomic E-state index is 11.6. The maximum absolute atomic E-state index is 11.6. The Morgan fingerprint density at radius 3 is 2.63 bits per heavy atom. The van der Waals surface area contributed by atoms with Crippen molar-refractivity contribution in [3.05, 3.63) is 46.6 Å². The predicted molar refractivity (Wildman–Crippen MR) is 71.8 cm³/mol. The molecule has 2 aromatic rings. The van der Waals surface area contributed by atoms with Crippen molar-refractivity contribution in [2.24, 2.45) is 0 Å². The van der Waals surface area contributed by atoms with Crippen molar-refractivity contribution >= 4 is 5.91 Å². The molecule has 0 spiro atoms. The zero-order chi connectivity index (χ0) is 13.8. The van der Waals surface area contributed by atoms with Gasteiger partial charge in [0, 0.05) is 12.1 Å². The number of hydrogen-bond acceptors (Lipinski definition) is 3. The number of amides is 1. The molecule has 0 unspecified atom stereocenters. The first-order chi connectivity index (χ1) is 9.10. The van der Waals surface area contributed by atoms with Crippen LogP contribution in [0.25, 0.3) is 11.3 Å². The van der Waals surface area contributed by atoms with E-state index >= 15 is 0 Å². The third-order valence-electron chi connectivity index (χ3n) is 2.73. The van der Waals surface area contributed by atoms with Crippen LogP contribution in [0.15, 0.2) is 39.7 Å². The van der Waals surface area contributed by atoms with Crippen LogP contribution in [0.5, 0.6) is 0 Å². The van der Waals surface area contributed by atoms with E-state index in [1.54, 1.807) is 6.20 Å². The standard InChI is InChI=1S/C14H16N2O3/c1-3-15-13(17)9-16-8-12(19-14(16)18)11-6-4-10(2)5-7-11/h4-8H,3,9H2,1-2H3,(H,15,17). The summed E-state index contributed by atoms with van der Waals surface area (Å²) in [7, 11) is 0. The van der Waals surface area contributed by atoms with Crippen molar-refractivity contribution in [2.45, 2.75) is 20.4 Å². The summed E-state index contributed by atoms with van der Waals surface area (Å²) < 4.78 is 6.41. The second kappa shape index (κ2) is 5.56. The van der Waals surface area contributed by atoms with Crippen molar-refractivity contribution < 1.29 is 9.21 Å². The number of nitrogens with zero attached hydrogens (tertiary/aromatic N) is 1. The smallest absolute Gasteiger partial charge is 0.408 e. The number of oxazole rings is 1. The summed E-state index contributed by atoms with van der Waals surface area (Å²) in [6.45, 7) is 4.33. The van der Waals surface area contributed by atoms with Crippen LogP contribution in [0, 0.1) is 6.92 Å². The lowest BCUT2D eigenvalue weighted by Crippen LogP contribution is -2.30. The van der Waals surface area contributed by atoms with Gasteiger partial charge < -0.3 is 9.73 Å². The number of nitrogens with one attached hydrogen (secondary N) is 1. The molecule has 19 heavy (non-hydrogen) atoms. The molecule has 1 aromatic heterocycles. The van der Waals surface area contributed by atoms with Gasteiger partial charge in [0.1, 0.15) is 6.54 Å². The van der Waals surface area contributed by atoms with Crippen molar-refractivity contribution in [2.75, 3.05) is 6.54 Å². The molecule has 1 heterocycles. The molecule has 0 bridgehead atoms. The minimum Gasteiger partial charge on any atom is -0.408 e. The number of aryl methyl sites for hydroxylation is 1. The molecule has 0 aliphatic heterocycles. The number of hydrogen-bond donors (Lipinski definition) is 1. The van der Waals surface area contributed by atoms with Gasteiger partial charge in [-0.25, -0.2) is 4.79 Å². The van der Waals surface area contributed by atoms with Crippen LogP contribution < -0.4 is 11.1 Å². The molecule has 0 saturated heterocycles. The molecular weight excluding hydrogens is 244 g/mol. The molecule has 5 heteroatoms. The van der Waals surface area contributed by atoms with Gasteiger partial charge in [-0.1, -0.05) is 29.8 Å². The van der Waals surface area contributed by atoms with E-state index in [9.17, 15) is 9.59 Å². The van der Waals surface area contributed by atoms with Gasteiger partial charge in [-0.05, 0) is 13.8 Å². The summed E-state index contributed by atoms with van der Waals surface area (Å²) in [4.78, 5) is 23.1. The Morgan fingerprint density at radius 1 is 1.32 bits per heavy atom. The minimum atomic E-state index is -0.526. The molecule has 0 atom stereocenters. The number of carbonyl (C=O) groups excluding carboxylic acids is 1. The zero-order valence-corrected chi connectivity index (χ0v) is 11.0. The number of carbonyl (C=O) groups is 1. The number of rotatable bonds is 4. The Balaban J connectivity index is 2.23. The maximum Gasteiger partial charge on any atom is 0.419 e. The minimum absolute atomic E-state index is 0.0258. The Hall–Kier alpha value is -2.30. The molecule has 0 aliphatic rings. The average molecular weight is 260 g/mol. The molecule has 0 saturated carbocycles. The highest BCUT2D eigenvalue weighted by Gasteiger charge is 2.10. The van der Waals surface area contributed by atoms with Crippen LogP contribution in [0.2, 0.25) is 0 Å². The summed E-state index contributed by atoms with van der Waals surface area (Å²) in [6, 6.07) is 7.64. The van der Waals surface area contributed by atoms with Crippen LogP contribution in [0.4, 0.5) is 0 Å². The molecule has 0 fully saturated rings. The van der Waals surface area contributed by atoms with E-state index in [0.29, 0.717) is 12.3 Å². The molecule has 0 radical (unpaired) electrons. The van der Waals surface area contributed by atoms with E-state index < -0.39 is 5.76 Å². The third kappa shape index (κ3) is 3.13. The average Bonchev–Trinajstić information content (AvgIpc) is 2.72. The lowest BCUT2D eigenvalue weighted by molar-refractivity contribution is -0.121. The molecule has 1 aromatic carbocycles. The van der Waals surface area contributed by atoms with E-state index in [1.165, 1.54) is 4.57 Å². The van der Waals surface area contributed by atoms with Crippen LogP contribution in [-0.4, -0.2) is 17.0 Å². The van der Waals surface area contributed by atoms with Gasteiger partial charge in [0.25, 0.3) is 0 Å². The van der Waals surface area contributed by atoms with Crippen molar-refractivity contribution in [1.82, 2.24) is 9.88 Å². The molecule has 1 N–H and O–H groups in total. The summed E-state index contributed by atoms with van der Waals surface area (Å²) in [5.41, 5.74) is 1.95. The first-order valence-corrected chi connectivity index (χ1v) is 6.14. The molecular formula is C14H16N2O3. The summed E-state index contributed by atoms with van der Waals surface area (Å²) in [5.74, 6) is -0.267. The fourth-order valence-electron chi connectivity index (χ4n) is 1.74. The van der Waals surface area contributed by atoms with E-state index in [2.05, 4.69) is 5.32 Å². The Morgan fingerprint density at radius 2 is 2.00 bits per heavy atom. The summed E-state index contributed by atoms with van der Waals surface area (Å²) in [5, 5.41) is 2.64. The molecule has 5 nitrogen and oxygen atoms in total. The highest BCUT2D eigenvalue weighted by molar-refractivity contribution is 5.75. The van der Waals surface area contributed by atoms with E-state index in [4.69, 9.17) is 4.42 Å². The molecule has 100 valence electrons. The van der Waals surface area contributed by atoms with Gasteiger partial charge in [-0.2, -0.15) is 0 Å². The molecule has 1 amide bonds. The monoisotopic (exact) mass is 260 g/mol. The van der Waals surface area contributed by atoms with Gasteiger partial charge in [0.2, 0.25) is 5.91 Å². The molecule has 2 rings (SSSR count). The fourth-order valence-corrected chi connectivity index (χ4v) is 1.74. The topological polar surface area (TPSA) is 64.2 Å². The Labute approximate surface area is 110 Å². The number of likely N-dealkylation sites (N-methyl/N-ethyl adjacent to an activating group) is 1. The summed E-state index contributed by atoms with van der Waals surface area (Å²) in [6.07, 6.45) is 1.56. The van der Waals surface area contributed by atoms with Gasteiger partial charge in [-0.15, -0.1) is 0 Å². The van der Waals surface area contributed by atoms with Crippen molar-refractivity contribution in [3.8, 4) is 11.3 Å². The van der Waals surface area contributed by atoms with Crippen LogP contribution in [0.3, 0.4) is 0 Å². The highest BCUT2D eigenvalue weighted by atomic mass is 16.4. The quantitative estimate of drug-likeness (QED) is 0.907. The summed E-state index contributed by atoms with van der Waals surface area (Å²) >= 11 is 0. The largest absolute Gasteiger partial charge is 0.419 e. The second-order valence-electron chi connectivity index (χ2n) is 4.31. The Bertz CT molecular complexity index is 623. The van der Waals surface area contributed by atoms with Crippen LogP contribution >= 0.6 is 0 Å². The van der Waals surface area contributed by atoms with E-state index in [-0.39, 0.29) is 12.5 Å². The van der Waals surface area contributed by atoms with Crippen LogP contribution in [0.1, 0.15) is 12.5 Å². The highest BCUT2D eigenvalue weighted by Crippen LogP contribution is 2.18. The zero-order valence-electron chi connectivity index (χ0n) is 11.0. The Kier molecular flexibility index (Phi) is 3.85. The molecule has 0 aliphatic carbocycles. The van der Waals surface area contributed by atoms with Crippen molar-refractivity contribution in [3.63, 3.8) is 0 Å². The van der Waals surface area contributed by atoms with E-state index in [1.807, 2.05) is 38.1 Å². The SMILES string of the molecule is CCNC(=O)Cn1cc(-c2ccc(C)cc2)oc1=O. The van der Waals surface area contributed by atoms with Gasteiger partial charge >= 0.3 is 5.76 Å². The van der Waals surface area contributed by atoms with Gasteiger partial charge in [0.15, 0.2) is 5.76 Å². The second-order valence-corrected chi connectivity index (χ2v) is 4.31. The number of benzene rings is 1. The van der Waals surface area contributed by atoms with Crippen LogP contribution in [-0.2, 0) is 11.3 Å². The normalized spacial score (nSPS) is 10.4. The predicted octanol–water partition coefficient (Wildman–Crippen LogP) is 1.55. The van der Waals surface area contributed by atoms with Gasteiger partial charge in [0.05, 0.1) is 6.20 Å². The lowest BCUT2D eigenvalue weighted by atomic mass is 10.1. The third-order valence-corrected chi connectivity index (χ3v) is 2.73. The lowest BCUT2D eigenvalue weighted by Gasteiger charge is -2.00. The number of aromatic nitrogens is 1. The van der Waals surface area contributed by atoms with E-state index in [0.717, 1.165) is 11.1 Å². The van der Waals surface area contributed by atoms with Crippen molar-refractivity contribution in [1.29, 1.82) is 0 Å². The first kappa shape index (κ1) is 13.1. The fraction of sp³-hybridized carbons (Fsp3) is 0.286. The first-order valence-electron chi connectivity index (χ1n) is 6.14.